The Morgan fingerprint density at radius 1 is 1.32 bits per heavy atom. The van der Waals surface area contributed by atoms with Gasteiger partial charge in [0.1, 0.15) is 5.75 Å². The third kappa shape index (κ3) is 4.56. The van der Waals surface area contributed by atoms with Crippen molar-refractivity contribution in [3.8, 4) is 5.75 Å². The Labute approximate surface area is 135 Å². The topological polar surface area (TPSA) is 51.2 Å². The second-order valence-corrected chi connectivity index (χ2v) is 7.48. The molecule has 2 aromatic rings. The van der Waals surface area contributed by atoms with Gasteiger partial charge in [0.05, 0.1) is 11.6 Å². The van der Waals surface area contributed by atoms with Crippen LogP contribution in [0.5, 0.6) is 5.75 Å². The van der Waals surface area contributed by atoms with E-state index in [1.165, 1.54) is 0 Å². The second-order valence-electron chi connectivity index (χ2n) is 6.16. The van der Waals surface area contributed by atoms with Crippen molar-refractivity contribution in [3.63, 3.8) is 0 Å². The van der Waals surface area contributed by atoms with Crippen molar-refractivity contribution in [2.45, 2.75) is 39.7 Å². The Kier molecular flexibility index (Phi) is 5.19. The van der Waals surface area contributed by atoms with Gasteiger partial charge in [-0.2, -0.15) is 0 Å². The first-order chi connectivity index (χ1) is 10.4. The lowest BCUT2D eigenvalue weighted by atomic mass is 9.86. The molecular formula is C17H22N2O2S. The molecule has 1 aromatic heterocycles. The average Bonchev–Trinajstić information content (AvgIpc) is 2.88. The van der Waals surface area contributed by atoms with Crippen LogP contribution >= 0.6 is 11.3 Å². The molecule has 0 radical (unpaired) electrons. The monoisotopic (exact) mass is 318 g/mol. The van der Waals surface area contributed by atoms with Gasteiger partial charge < -0.3 is 10.1 Å². The number of hydrogen-bond donors (Lipinski definition) is 1. The van der Waals surface area contributed by atoms with Gasteiger partial charge in [-0.1, -0.05) is 39.0 Å². The number of aromatic nitrogens is 1. The molecule has 22 heavy (non-hydrogen) atoms. The summed E-state index contributed by atoms with van der Waals surface area (Å²) in [4.78, 5) is 17.1. The molecule has 0 fully saturated rings. The van der Waals surface area contributed by atoms with Crippen LogP contribution in [0.3, 0.4) is 0 Å². The fourth-order valence-corrected chi connectivity index (χ4v) is 2.81. The lowest BCUT2D eigenvalue weighted by molar-refractivity contribution is -0.123. The normalized spacial score (nSPS) is 11.3. The Morgan fingerprint density at radius 2 is 2.05 bits per heavy atom. The number of rotatable bonds is 5. The molecule has 0 aliphatic rings. The predicted octanol–water partition coefficient (Wildman–Crippen LogP) is 3.44. The minimum absolute atomic E-state index is 0.0187. The summed E-state index contributed by atoms with van der Waals surface area (Å²) in [7, 11) is 0. The molecule has 0 saturated carbocycles. The number of nitrogens with zero attached hydrogens (tertiary/aromatic N) is 1. The standard InChI is InChI=1S/C17H22N2O2S/c1-12-18-9-13(22-12)10-19-16(20)11-21-15-8-6-5-7-14(15)17(2,3)4/h5-9H,10-11H2,1-4H3,(H,19,20). The summed E-state index contributed by atoms with van der Waals surface area (Å²) < 4.78 is 5.69. The van der Waals surface area contributed by atoms with E-state index in [2.05, 4.69) is 31.1 Å². The Morgan fingerprint density at radius 3 is 2.68 bits per heavy atom. The van der Waals surface area contributed by atoms with Crippen molar-refractivity contribution >= 4 is 17.2 Å². The summed E-state index contributed by atoms with van der Waals surface area (Å²) in [5, 5.41) is 3.85. The van der Waals surface area contributed by atoms with E-state index in [0.717, 1.165) is 21.2 Å². The van der Waals surface area contributed by atoms with Crippen molar-refractivity contribution in [1.82, 2.24) is 10.3 Å². The van der Waals surface area contributed by atoms with Gasteiger partial charge in [-0.15, -0.1) is 11.3 Å². The maximum Gasteiger partial charge on any atom is 0.258 e. The second kappa shape index (κ2) is 6.92. The molecule has 0 atom stereocenters. The van der Waals surface area contributed by atoms with Crippen LogP contribution in [0.2, 0.25) is 0 Å². The van der Waals surface area contributed by atoms with Crippen molar-refractivity contribution in [3.05, 3.63) is 45.9 Å². The van der Waals surface area contributed by atoms with Gasteiger partial charge in [-0.05, 0) is 24.0 Å². The molecule has 0 spiro atoms. The molecule has 4 nitrogen and oxygen atoms in total. The minimum atomic E-state index is -0.130. The van der Waals surface area contributed by atoms with E-state index >= 15 is 0 Å². The van der Waals surface area contributed by atoms with Crippen LogP contribution in [0.4, 0.5) is 0 Å². The van der Waals surface area contributed by atoms with E-state index < -0.39 is 0 Å². The van der Waals surface area contributed by atoms with Gasteiger partial charge in [-0.25, -0.2) is 4.98 Å². The molecule has 1 heterocycles. The number of hydrogen-bond acceptors (Lipinski definition) is 4. The lowest BCUT2D eigenvalue weighted by Gasteiger charge is -2.22. The van der Waals surface area contributed by atoms with Crippen molar-refractivity contribution in [2.24, 2.45) is 0 Å². The van der Waals surface area contributed by atoms with E-state index in [4.69, 9.17) is 4.74 Å². The SMILES string of the molecule is Cc1ncc(CNC(=O)COc2ccccc2C(C)(C)C)s1. The van der Waals surface area contributed by atoms with Crippen LogP contribution in [0.1, 0.15) is 36.2 Å². The first-order valence-corrected chi connectivity index (χ1v) is 8.08. The van der Waals surface area contributed by atoms with Gasteiger partial charge in [0, 0.05) is 11.1 Å². The van der Waals surface area contributed by atoms with Crippen LogP contribution in [0, 0.1) is 6.92 Å². The third-order valence-corrected chi connectivity index (χ3v) is 4.10. The van der Waals surface area contributed by atoms with Crippen LogP contribution in [0.25, 0.3) is 0 Å². The number of ether oxygens (including phenoxy) is 1. The largest absolute Gasteiger partial charge is 0.483 e. The lowest BCUT2D eigenvalue weighted by Crippen LogP contribution is -2.28. The smallest absolute Gasteiger partial charge is 0.258 e. The summed E-state index contributed by atoms with van der Waals surface area (Å²) >= 11 is 1.58. The summed E-state index contributed by atoms with van der Waals surface area (Å²) in [5.41, 5.74) is 1.08. The highest BCUT2D eigenvalue weighted by molar-refractivity contribution is 7.11. The summed E-state index contributed by atoms with van der Waals surface area (Å²) in [6.45, 7) is 8.84. The maximum absolute atomic E-state index is 11.9. The fraction of sp³-hybridized carbons (Fsp3) is 0.412. The zero-order chi connectivity index (χ0) is 16.2. The minimum Gasteiger partial charge on any atom is -0.483 e. The summed E-state index contributed by atoms with van der Waals surface area (Å²) in [6.07, 6.45) is 1.79. The number of carbonyl (C=O) groups is 1. The number of benzene rings is 1. The van der Waals surface area contributed by atoms with Crippen molar-refractivity contribution in [1.29, 1.82) is 0 Å². The van der Waals surface area contributed by atoms with Crippen molar-refractivity contribution in [2.75, 3.05) is 6.61 Å². The van der Waals surface area contributed by atoms with Crippen LogP contribution in [-0.2, 0) is 16.8 Å². The van der Waals surface area contributed by atoms with Gasteiger partial charge in [0.25, 0.3) is 5.91 Å². The first-order valence-electron chi connectivity index (χ1n) is 7.26. The quantitative estimate of drug-likeness (QED) is 0.918. The fourth-order valence-electron chi connectivity index (χ4n) is 2.08. The molecule has 0 saturated heterocycles. The Balaban J connectivity index is 1.89. The van der Waals surface area contributed by atoms with Gasteiger partial charge >= 0.3 is 0 Å². The van der Waals surface area contributed by atoms with Crippen LogP contribution < -0.4 is 10.1 Å². The number of carbonyl (C=O) groups excluding carboxylic acids is 1. The third-order valence-electron chi connectivity index (χ3n) is 3.18. The molecule has 2 rings (SSSR count). The molecule has 1 aromatic carbocycles. The molecule has 0 bridgehead atoms. The highest BCUT2D eigenvalue weighted by Crippen LogP contribution is 2.30. The molecule has 5 heteroatoms. The number of thiazole rings is 1. The van der Waals surface area contributed by atoms with Gasteiger partial charge in [0.2, 0.25) is 0 Å². The molecule has 0 unspecified atom stereocenters. The maximum atomic E-state index is 11.9. The molecular weight excluding hydrogens is 296 g/mol. The van der Waals surface area contributed by atoms with Gasteiger partial charge in [0.15, 0.2) is 6.61 Å². The Bertz CT molecular complexity index is 644. The molecule has 0 aliphatic heterocycles. The zero-order valence-electron chi connectivity index (χ0n) is 13.5. The first kappa shape index (κ1) is 16.5. The molecule has 0 aliphatic carbocycles. The highest BCUT2D eigenvalue weighted by atomic mass is 32.1. The number of para-hydroxylation sites is 1. The van der Waals surface area contributed by atoms with Crippen molar-refractivity contribution < 1.29 is 9.53 Å². The van der Waals surface area contributed by atoms with E-state index in [0.29, 0.717) is 6.54 Å². The van der Waals surface area contributed by atoms with E-state index in [1.807, 2.05) is 31.2 Å². The number of aryl methyl sites for hydroxylation is 1. The number of nitrogens with one attached hydrogen (secondary N) is 1. The van der Waals surface area contributed by atoms with E-state index in [9.17, 15) is 4.79 Å². The van der Waals surface area contributed by atoms with E-state index in [-0.39, 0.29) is 17.9 Å². The Hall–Kier alpha value is -1.88. The molecule has 1 amide bonds. The number of amides is 1. The van der Waals surface area contributed by atoms with Crippen LogP contribution in [0.15, 0.2) is 30.5 Å². The molecule has 1 N–H and O–H groups in total. The summed E-state index contributed by atoms with van der Waals surface area (Å²) in [6, 6.07) is 7.84. The zero-order valence-corrected chi connectivity index (χ0v) is 14.3. The average molecular weight is 318 g/mol. The summed E-state index contributed by atoms with van der Waals surface area (Å²) in [5.74, 6) is 0.633. The van der Waals surface area contributed by atoms with Gasteiger partial charge in [-0.3, -0.25) is 4.79 Å². The molecule has 118 valence electrons. The van der Waals surface area contributed by atoms with E-state index in [1.54, 1.807) is 17.5 Å². The van der Waals surface area contributed by atoms with Crippen LogP contribution in [-0.4, -0.2) is 17.5 Å². The predicted molar refractivity (Wildman–Crippen MR) is 89.3 cm³/mol. The highest BCUT2D eigenvalue weighted by Gasteiger charge is 2.18.